The lowest BCUT2D eigenvalue weighted by atomic mass is 9.94. The van der Waals surface area contributed by atoms with Crippen molar-refractivity contribution < 1.29 is 58.1 Å². The Hall–Kier alpha value is -7.83. The minimum Gasteiger partial charge on any atom is -0.480 e. The average molecular weight is 1040 g/mol. The van der Waals surface area contributed by atoms with Crippen molar-refractivity contribution in [2.45, 2.75) is 122 Å². The maximum Gasteiger partial charge on any atom is 0.327 e. The number of carbonyl (C=O) groups is 9. The van der Waals surface area contributed by atoms with Crippen LogP contribution < -0.4 is 54.8 Å². The van der Waals surface area contributed by atoms with Gasteiger partial charge in [-0.1, -0.05) is 81.5 Å². The first-order valence-corrected chi connectivity index (χ1v) is 24.1. The molecular weight excluding hydrogens is 963 g/mol. The van der Waals surface area contributed by atoms with Crippen molar-refractivity contribution in [3.05, 3.63) is 72.0 Å². The maximum absolute atomic E-state index is 14.4. The molecule has 0 saturated carbocycles. The highest BCUT2D eigenvalue weighted by Crippen LogP contribution is 2.19. The second kappa shape index (κ2) is 30.9. The van der Waals surface area contributed by atoms with Crippen molar-refractivity contribution in [3.63, 3.8) is 0 Å². The molecule has 10 atom stereocenters. The number of allylic oxidation sites excluding steroid dienone is 2. The standard InChI is InChI=1S/C49H75N13O12/c1-26(24-27(2)37(74-8)25-32-14-10-9-11-15-32)18-19-33-28(3)40(64)60-36(46(70)71)20-21-38(63)62(7)31(6)43(67)56-30(5)42(66)59-35(17-13-23-55-49(52)53)45(69)61-39(47(72)73)29(4)41(65)58-34(44(68)57-33)16-12-22-54-48(50)51/h9-11,14-15,18-19,24,27-30,33-37,39H,6,12-13,16-17,20-23,25H2,1-5,7-8H3,(H,56,67)(H,57,68)(H,58,65)(H,59,66)(H,60,64)(H,61,69)(H,70,71)(H,72,73)(H4,50,51,54)(H4,52,53,55)/b19-18+,26-24-/t27-,28-,29-,30+,33-,34-,35-,36+,37-,39+/m0/s1. The lowest BCUT2D eigenvalue weighted by Crippen LogP contribution is -2.59. The van der Waals surface area contributed by atoms with Crippen LogP contribution in [0.2, 0.25) is 0 Å². The van der Waals surface area contributed by atoms with E-state index in [2.05, 4.69) is 48.5 Å². The summed E-state index contributed by atoms with van der Waals surface area (Å²) in [5, 5.41) is 35.4. The predicted molar refractivity (Wildman–Crippen MR) is 275 cm³/mol. The molecule has 0 aromatic heterocycles. The van der Waals surface area contributed by atoms with E-state index < -0.39 is 120 Å². The molecule has 0 radical (unpaired) electrons. The molecule has 25 nitrogen and oxygen atoms in total. The fraction of sp³-hybridized carbons (Fsp3) is 0.531. The van der Waals surface area contributed by atoms with Gasteiger partial charge < -0.3 is 74.7 Å². The molecule has 408 valence electrons. The third-order valence-corrected chi connectivity index (χ3v) is 12.2. The third-order valence-electron chi connectivity index (χ3n) is 12.2. The van der Waals surface area contributed by atoms with Gasteiger partial charge in [0.05, 0.1) is 24.0 Å². The number of hydrogen-bond donors (Lipinski definition) is 12. The van der Waals surface area contributed by atoms with Crippen LogP contribution in [0.15, 0.2) is 76.4 Å². The minimum atomic E-state index is -1.95. The van der Waals surface area contributed by atoms with Crippen LogP contribution in [0.4, 0.5) is 0 Å². The normalized spacial score (nSPS) is 24.6. The lowest BCUT2D eigenvalue weighted by Gasteiger charge is -2.28. The molecule has 1 aliphatic heterocycles. The summed E-state index contributed by atoms with van der Waals surface area (Å²) in [6, 6.07) is 0.633. The number of aliphatic imine (C=N–C) groups is 2. The Balaban J connectivity index is 2.74. The van der Waals surface area contributed by atoms with Crippen molar-refractivity contribution in [3.8, 4) is 0 Å². The first kappa shape index (κ1) is 62.3. The van der Waals surface area contributed by atoms with Gasteiger partial charge in [-0.3, -0.25) is 43.5 Å². The van der Waals surface area contributed by atoms with Crippen LogP contribution in [-0.2, 0) is 54.3 Å². The molecule has 16 N–H and O–H groups in total. The van der Waals surface area contributed by atoms with Crippen LogP contribution in [0.5, 0.6) is 0 Å². The van der Waals surface area contributed by atoms with Gasteiger partial charge in [0.2, 0.25) is 35.4 Å². The van der Waals surface area contributed by atoms with Gasteiger partial charge >= 0.3 is 11.9 Å². The molecule has 1 heterocycles. The minimum absolute atomic E-state index is 0.00394. The number of benzene rings is 1. The molecule has 1 aromatic rings. The van der Waals surface area contributed by atoms with Crippen LogP contribution in [0.1, 0.15) is 78.7 Å². The van der Waals surface area contributed by atoms with E-state index in [-0.39, 0.29) is 62.7 Å². The quantitative estimate of drug-likeness (QED) is 0.0281. The number of hydrogen-bond acceptors (Lipinski definition) is 12. The summed E-state index contributed by atoms with van der Waals surface area (Å²) in [5.41, 5.74) is 23.2. The highest BCUT2D eigenvalue weighted by Gasteiger charge is 2.37. The van der Waals surface area contributed by atoms with Crippen LogP contribution in [0, 0.1) is 17.8 Å². The van der Waals surface area contributed by atoms with E-state index >= 15 is 0 Å². The van der Waals surface area contributed by atoms with E-state index in [4.69, 9.17) is 27.7 Å². The second-order valence-electron chi connectivity index (χ2n) is 18.1. The molecule has 74 heavy (non-hydrogen) atoms. The molecule has 2 rings (SSSR count). The van der Waals surface area contributed by atoms with Crippen molar-refractivity contribution in [2.75, 3.05) is 27.2 Å². The Labute approximate surface area is 430 Å². The van der Waals surface area contributed by atoms with Crippen molar-refractivity contribution in [2.24, 2.45) is 50.7 Å². The average Bonchev–Trinajstić information content (AvgIpc) is 3.34. The van der Waals surface area contributed by atoms with Gasteiger partial charge in [0.1, 0.15) is 35.9 Å². The molecule has 1 saturated heterocycles. The highest BCUT2D eigenvalue weighted by atomic mass is 16.5. The number of aliphatic carboxylic acids is 2. The molecule has 0 unspecified atom stereocenters. The summed E-state index contributed by atoms with van der Waals surface area (Å²) in [5.74, 6) is -13.1. The molecule has 25 heteroatoms. The molecule has 1 aromatic carbocycles. The van der Waals surface area contributed by atoms with Gasteiger partial charge in [0.15, 0.2) is 11.9 Å². The monoisotopic (exact) mass is 1040 g/mol. The number of nitrogens with one attached hydrogen (secondary N) is 6. The van der Waals surface area contributed by atoms with Gasteiger partial charge in [0.25, 0.3) is 5.91 Å². The number of guanidine groups is 2. The van der Waals surface area contributed by atoms with Crippen molar-refractivity contribution in [1.82, 2.24) is 36.8 Å². The van der Waals surface area contributed by atoms with Gasteiger partial charge in [0, 0.05) is 39.6 Å². The fourth-order valence-corrected chi connectivity index (χ4v) is 7.53. The topological polar surface area (TPSA) is 408 Å². The molecule has 0 aliphatic carbocycles. The predicted octanol–water partition coefficient (Wildman–Crippen LogP) is -1.37. The number of methoxy groups -OCH3 is 1. The smallest absolute Gasteiger partial charge is 0.327 e. The Morgan fingerprint density at radius 3 is 1.85 bits per heavy atom. The lowest BCUT2D eigenvalue weighted by molar-refractivity contribution is -0.146. The summed E-state index contributed by atoms with van der Waals surface area (Å²) in [4.78, 5) is 130. The summed E-state index contributed by atoms with van der Waals surface area (Å²) in [7, 11) is 2.80. The maximum atomic E-state index is 14.4. The summed E-state index contributed by atoms with van der Waals surface area (Å²) in [6.07, 6.45) is 4.40. The zero-order valence-electron chi connectivity index (χ0n) is 43.1. The first-order valence-electron chi connectivity index (χ1n) is 24.1. The number of ether oxygens (including phenoxy) is 1. The van der Waals surface area contributed by atoms with E-state index in [0.29, 0.717) is 12.0 Å². The first-order chi connectivity index (χ1) is 34.8. The Kier molecular flexibility index (Phi) is 26.0. The molecule has 1 fully saturated rings. The van der Waals surface area contributed by atoms with Crippen molar-refractivity contribution in [1.29, 1.82) is 0 Å². The van der Waals surface area contributed by atoms with Gasteiger partial charge in [-0.2, -0.15) is 0 Å². The zero-order valence-corrected chi connectivity index (χ0v) is 43.1. The number of rotatable bonds is 17. The third kappa shape index (κ3) is 21.1. The molecule has 0 spiro atoms. The van der Waals surface area contributed by atoms with Crippen LogP contribution in [-0.4, -0.2) is 150 Å². The number of nitrogens with two attached hydrogens (primary N) is 4. The summed E-state index contributed by atoms with van der Waals surface area (Å²) in [6.45, 7) is 11.2. The Morgan fingerprint density at radius 2 is 1.32 bits per heavy atom. The number of carbonyl (C=O) groups excluding carboxylic acids is 7. The van der Waals surface area contributed by atoms with E-state index in [0.717, 1.165) is 10.5 Å². The number of nitrogens with zero attached hydrogens (tertiary/aromatic N) is 3. The molecule has 1 aliphatic rings. The number of amides is 7. The van der Waals surface area contributed by atoms with Gasteiger partial charge in [-0.25, -0.2) is 9.59 Å². The molecule has 7 amide bonds. The highest BCUT2D eigenvalue weighted by molar-refractivity contribution is 6.00. The van der Waals surface area contributed by atoms with E-state index in [1.54, 1.807) is 20.1 Å². The van der Waals surface area contributed by atoms with E-state index in [9.17, 15) is 53.4 Å². The Bertz CT molecular complexity index is 2280. The van der Waals surface area contributed by atoms with Gasteiger partial charge in [-0.05, 0) is 57.9 Å². The van der Waals surface area contributed by atoms with E-state index in [1.165, 1.54) is 33.9 Å². The molecule has 0 bridgehead atoms. The summed E-state index contributed by atoms with van der Waals surface area (Å²) >= 11 is 0. The summed E-state index contributed by atoms with van der Waals surface area (Å²) < 4.78 is 5.81. The SMILES string of the molecule is C=C1C(=O)N[C@H](C)C(=O)N[C@@H](CCCN=C(N)N)C(=O)N[C@@H](C(=O)O)[C@H](C)C(=O)N[C@@H](CCCN=C(N)N)C(=O)N[C@@H](/C=C/C(C)=C\[C@H](C)[C@H](Cc2ccccc2)OC)[C@H](C)C(=O)N[C@@H](C(=O)O)CCC(=O)N1C. The fourth-order valence-electron chi connectivity index (χ4n) is 7.53. The van der Waals surface area contributed by atoms with E-state index in [1.807, 2.05) is 43.3 Å². The second-order valence-corrected chi connectivity index (χ2v) is 18.1. The van der Waals surface area contributed by atoms with Crippen LogP contribution >= 0.6 is 0 Å². The largest absolute Gasteiger partial charge is 0.480 e. The van der Waals surface area contributed by atoms with Crippen LogP contribution in [0.25, 0.3) is 0 Å². The number of carboxylic acid groups (broad SMARTS) is 2. The van der Waals surface area contributed by atoms with Crippen LogP contribution in [0.3, 0.4) is 0 Å². The van der Waals surface area contributed by atoms with Crippen molar-refractivity contribution >= 4 is 65.2 Å². The number of likely N-dealkylation sites (N-methyl/N-ethyl adjacent to an activating group) is 1. The zero-order chi connectivity index (χ0) is 55.8. The Morgan fingerprint density at radius 1 is 0.784 bits per heavy atom. The molecular formula is C49H75N13O12. The number of carboxylic acids is 2. The van der Waals surface area contributed by atoms with Gasteiger partial charge in [-0.15, -0.1) is 0 Å².